The van der Waals surface area contributed by atoms with Crippen LogP contribution in [-0.2, 0) is 6.54 Å². The van der Waals surface area contributed by atoms with E-state index >= 15 is 0 Å². The zero-order chi connectivity index (χ0) is 21.9. The van der Waals surface area contributed by atoms with E-state index in [4.69, 9.17) is 0 Å². The van der Waals surface area contributed by atoms with Crippen LogP contribution in [0.2, 0.25) is 0 Å². The Labute approximate surface area is 189 Å². The summed E-state index contributed by atoms with van der Waals surface area (Å²) in [5.41, 5.74) is 2.95. The molecule has 2 aliphatic carbocycles. The summed E-state index contributed by atoms with van der Waals surface area (Å²) in [6.07, 6.45) is 17.2. The molecule has 3 N–H and O–H groups in total. The second kappa shape index (κ2) is 13.2. The first-order valence-corrected chi connectivity index (χ1v) is 12.7. The molecule has 172 valence electrons. The molecule has 0 aromatic heterocycles. The van der Waals surface area contributed by atoms with Crippen molar-refractivity contribution < 1.29 is 10.2 Å². The SMILES string of the molecule is CCCCC[C@H](O)C=C[C@@H]1[C@H]2CC(CCCCCNCc3ccccc3)=C[C@H]2C[C@H]1O. The molecule has 0 amide bonds. The summed E-state index contributed by atoms with van der Waals surface area (Å²) in [4.78, 5) is 0. The van der Waals surface area contributed by atoms with Gasteiger partial charge in [-0.1, -0.05) is 86.7 Å². The lowest BCUT2D eigenvalue weighted by Crippen LogP contribution is -2.18. The van der Waals surface area contributed by atoms with Crippen molar-refractivity contribution in [2.24, 2.45) is 17.8 Å². The lowest BCUT2D eigenvalue weighted by atomic mass is 9.88. The van der Waals surface area contributed by atoms with Crippen molar-refractivity contribution in [2.75, 3.05) is 6.54 Å². The molecule has 3 nitrogen and oxygen atoms in total. The fourth-order valence-corrected chi connectivity index (χ4v) is 5.35. The summed E-state index contributed by atoms with van der Waals surface area (Å²) in [5.74, 6) is 1.28. The van der Waals surface area contributed by atoms with Crippen molar-refractivity contribution in [2.45, 2.75) is 89.9 Å². The molecular weight excluding hydrogens is 382 g/mol. The number of rotatable bonds is 14. The Morgan fingerprint density at radius 3 is 2.74 bits per heavy atom. The smallest absolute Gasteiger partial charge is 0.0721 e. The fraction of sp³-hybridized carbons (Fsp3) is 0.643. The van der Waals surface area contributed by atoms with E-state index in [1.54, 1.807) is 5.57 Å². The number of nitrogens with one attached hydrogen (secondary N) is 1. The van der Waals surface area contributed by atoms with Crippen molar-refractivity contribution in [3.63, 3.8) is 0 Å². The molecule has 0 aliphatic heterocycles. The summed E-state index contributed by atoms with van der Waals surface area (Å²) in [6.45, 7) is 4.23. The van der Waals surface area contributed by atoms with Gasteiger partial charge in [-0.3, -0.25) is 0 Å². The van der Waals surface area contributed by atoms with E-state index in [1.165, 1.54) is 44.1 Å². The number of unbranched alkanes of at least 4 members (excludes halogenated alkanes) is 4. The first-order valence-electron chi connectivity index (χ1n) is 12.7. The van der Waals surface area contributed by atoms with Gasteiger partial charge in [-0.25, -0.2) is 0 Å². The highest BCUT2D eigenvalue weighted by Gasteiger charge is 2.43. The lowest BCUT2D eigenvalue weighted by Gasteiger charge is -2.19. The molecule has 0 heterocycles. The second-order valence-corrected chi connectivity index (χ2v) is 9.66. The molecule has 5 atom stereocenters. The third-order valence-corrected chi connectivity index (χ3v) is 7.13. The van der Waals surface area contributed by atoms with Crippen LogP contribution in [-0.4, -0.2) is 29.0 Å². The van der Waals surface area contributed by atoms with Gasteiger partial charge in [0.25, 0.3) is 0 Å². The molecule has 1 saturated carbocycles. The standard InChI is InChI=1S/C28H43NO2/c1-2-3-6-14-25(30)15-16-26-27-19-23(18-24(27)20-28(26)31)13-9-5-10-17-29-21-22-11-7-4-8-12-22/h4,7-8,11-12,15-16,18,24-31H,2-3,5-6,9-10,13-14,17,19-21H2,1H3/t24-,25-,26+,27-,28+/m0/s1. The van der Waals surface area contributed by atoms with Gasteiger partial charge in [-0.05, 0) is 62.5 Å². The van der Waals surface area contributed by atoms with Crippen molar-refractivity contribution in [3.05, 3.63) is 59.7 Å². The quantitative estimate of drug-likeness (QED) is 0.262. The van der Waals surface area contributed by atoms with E-state index in [9.17, 15) is 10.2 Å². The van der Waals surface area contributed by atoms with E-state index in [2.05, 4.69) is 54.7 Å². The maximum absolute atomic E-state index is 10.5. The van der Waals surface area contributed by atoms with Gasteiger partial charge in [-0.2, -0.15) is 0 Å². The fourth-order valence-electron chi connectivity index (χ4n) is 5.35. The Morgan fingerprint density at radius 1 is 1.10 bits per heavy atom. The zero-order valence-corrected chi connectivity index (χ0v) is 19.4. The highest BCUT2D eigenvalue weighted by Crippen LogP contribution is 2.48. The molecule has 31 heavy (non-hydrogen) atoms. The summed E-state index contributed by atoms with van der Waals surface area (Å²) < 4.78 is 0. The molecule has 0 unspecified atom stereocenters. The predicted octanol–water partition coefficient (Wildman–Crippen LogP) is 5.78. The maximum atomic E-state index is 10.5. The molecule has 1 fully saturated rings. The minimum Gasteiger partial charge on any atom is -0.392 e. The summed E-state index contributed by atoms with van der Waals surface area (Å²) >= 11 is 0. The maximum Gasteiger partial charge on any atom is 0.0721 e. The average molecular weight is 426 g/mol. The molecule has 1 aromatic carbocycles. The van der Waals surface area contributed by atoms with Crippen LogP contribution < -0.4 is 5.32 Å². The largest absolute Gasteiger partial charge is 0.392 e. The van der Waals surface area contributed by atoms with Crippen LogP contribution in [0.4, 0.5) is 0 Å². The van der Waals surface area contributed by atoms with Crippen LogP contribution in [0.5, 0.6) is 0 Å². The van der Waals surface area contributed by atoms with Gasteiger partial charge in [0.15, 0.2) is 0 Å². The number of fused-ring (bicyclic) bond motifs is 1. The van der Waals surface area contributed by atoms with Gasteiger partial charge >= 0.3 is 0 Å². The molecule has 1 aromatic rings. The topological polar surface area (TPSA) is 52.5 Å². The number of aliphatic hydroxyl groups is 2. The predicted molar refractivity (Wildman–Crippen MR) is 130 cm³/mol. The summed E-state index contributed by atoms with van der Waals surface area (Å²) in [5, 5.41) is 24.3. The molecule has 2 aliphatic rings. The second-order valence-electron chi connectivity index (χ2n) is 9.66. The molecule has 3 heteroatoms. The van der Waals surface area contributed by atoms with Crippen LogP contribution in [0.1, 0.15) is 76.7 Å². The highest BCUT2D eigenvalue weighted by atomic mass is 16.3. The van der Waals surface area contributed by atoms with Gasteiger partial charge < -0.3 is 15.5 Å². The third kappa shape index (κ3) is 7.89. The Kier molecular flexibility index (Phi) is 10.3. The lowest BCUT2D eigenvalue weighted by molar-refractivity contribution is 0.139. The van der Waals surface area contributed by atoms with E-state index in [0.29, 0.717) is 11.8 Å². The van der Waals surface area contributed by atoms with Crippen molar-refractivity contribution in [1.29, 1.82) is 0 Å². The van der Waals surface area contributed by atoms with Gasteiger partial charge in [0.05, 0.1) is 12.2 Å². The molecule has 0 spiro atoms. The van der Waals surface area contributed by atoms with Crippen molar-refractivity contribution in [3.8, 4) is 0 Å². The molecule has 0 bridgehead atoms. The highest BCUT2D eigenvalue weighted by molar-refractivity contribution is 5.21. The Balaban J connectivity index is 1.31. The third-order valence-electron chi connectivity index (χ3n) is 7.13. The number of hydrogen-bond donors (Lipinski definition) is 3. The molecule has 0 saturated heterocycles. The number of aliphatic hydroxyl groups excluding tert-OH is 2. The number of benzene rings is 1. The van der Waals surface area contributed by atoms with Crippen molar-refractivity contribution in [1.82, 2.24) is 5.32 Å². The van der Waals surface area contributed by atoms with Crippen LogP contribution >= 0.6 is 0 Å². The monoisotopic (exact) mass is 425 g/mol. The molecule has 3 rings (SSSR count). The van der Waals surface area contributed by atoms with E-state index < -0.39 is 0 Å². The Bertz CT molecular complexity index is 684. The number of hydrogen-bond acceptors (Lipinski definition) is 3. The van der Waals surface area contributed by atoms with E-state index in [-0.39, 0.29) is 18.1 Å². The van der Waals surface area contributed by atoms with E-state index in [0.717, 1.165) is 38.8 Å². The summed E-state index contributed by atoms with van der Waals surface area (Å²) in [7, 11) is 0. The van der Waals surface area contributed by atoms with Gasteiger partial charge in [-0.15, -0.1) is 0 Å². The number of allylic oxidation sites excluding steroid dienone is 2. The van der Waals surface area contributed by atoms with E-state index in [1.807, 2.05) is 6.08 Å². The van der Waals surface area contributed by atoms with Crippen LogP contribution in [0.25, 0.3) is 0 Å². The zero-order valence-electron chi connectivity index (χ0n) is 19.4. The van der Waals surface area contributed by atoms with Crippen LogP contribution in [0.3, 0.4) is 0 Å². The minimum absolute atomic E-state index is 0.210. The van der Waals surface area contributed by atoms with Crippen LogP contribution in [0.15, 0.2) is 54.1 Å². The normalized spacial score (nSPS) is 26.4. The minimum atomic E-state index is -0.359. The Morgan fingerprint density at radius 2 is 1.94 bits per heavy atom. The molecular formula is C28H43NO2. The first-order chi connectivity index (χ1) is 15.2. The Hall–Kier alpha value is -1.42. The van der Waals surface area contributed by atoms with Crippen LogP contribution in [0, 0.1) is 17.8 Å². The van der Waals surface area contributed by atoms with Gasteiger partial charge in [0.2, 0.25) is 0 Å². The average Bonchev–Trinajstić information content (AvgIpc) is 3.28. The van der Waals surface area contributed by atoms with Gasteiger partial charge in [0.1, 0.15) is 0 Å². The first kappa shape index (κ1) is 24.2. The summed E-state index contributed by atoms with van der Waals surface area (Å²) in [6, 6.07) is 10.6. The molecule has 0 radical (unpaired) electrons. The van der Waals surface area contributed by atoms with Gasteiger partial charge in [0, 0.05) is 12.5 Å². The van der Waals surface area contributed by atoms with Crippen molar-refractivity contribution >= 4 is 0 Å².